The highest BCUT2D eigenvalue weighted by Gasteiger charge is 2.22. The molecule has 0 aliphatic rings. The monoisotopic (exact) mass is 369 g/mol. The lowest BCUT2D eigenvalue weighted by Crippen LogP contribution is -2.11. The van der Waals surface area contributed by atoms with Crippen LogP contribution in [0.15, 0.2) is 78.9 Å². The fraction of sp³-hybridized carbons (Fsp3) is 0.0455. The molecule has 0 unspecified atom stereocenters. The normalized spacial score (nSPS) is 10.9. The number of nitrogens with zero attached hydrogens (tertiary/aromatic N) is 3. The Balaban J connectivity index is 1.88. The first-order valence-corrected chi connectivity index (χ1v) is 8.82. The van der Waals surface area contributed by atoms with E-state index in [9.17, 15) is 5.11 Å². The zero-order valence-corrected chi connectivity index (χ0v) is 15.0. The van der Waals surface area contributed by atoms with E-state index in [-0.39, 0.29) is 11.7 Å². The van der Waals surface area contributed by atoms with Gasteiger partial charge in [-0.05, 0) is 48.5 Å². The van der Waals surface area contributed by atoms with Gasteiger partial charge in [0.15, 0.2) is 0 Å². The maximum absolute atomic E-state index is 10.2. The number of hydrogen-bond acceptors (Lipinski definition) is 6. The van der Waals surface area contributed by atoms with Crippen LogP contribution in [-0.2, 0) is 0 Å². The third-order valence-electron chi connectivity index (χ3n) is 4.42. The Kier molecular flexibility index (Phi) is 4.60. The third kappa shape index (κ3) is 3.48. The minimum atomic E-state index is -0.349. The van der Waals surface area contributed by atoms with Gasteiger partial charge in [0, 0.05) is 5.56 Å². The molecule has 0 spiro atoms. The molecule has 0 saturated heterocycles. The predicted octanol–water partition coefficient (Wildman–Crippen LogP) is 3.59. The number of phenols is 1. The Bertz CT molecular complexity index is 1080. The van der Waals surface area contributed by atoms with Crippen LogP contribution in [0.4, 0.5) is 11.6 Å². The summed E-state index contributed by atoms with van der Waals surface area (Å²) < 4.78 is 0. The SMILES string of the molecule is Nc1cccc(C(c2cccc(N)n2)c2cccc(-c3ccccc3O)n2)n1. The molecule has 1 aromatic carbocycles. The number of benzene rings is 1. The lowest BCUT2D eigenvalue weighted by Gasteiger charge is -2.17. The lowest BCUT2D eigenvalue weighted by atomic mass is 9.94. The fourth-order valence-electron chi connectivity index (χ4n) is 3.17. The summed E-state index contributed by atoms with van der Waals surface area (Å²) in [6.45, 7) is 0. The summed E-state index contributed by atoms with van der Waals surface area (Å²) in [6, 6.07) is 23.7. The molecular weight excluding hydrogens is 350 g/mol. The van der Waals surface area contributed by atoms with Gasteiger partial charge in [-0.3, -0.25) is 4.98 Å². The molecule has 6 nitrogen and oxygen atoms in total. The Morgan fingerprint density at radius 3 is 1.71 bits per heavy atom. The first-order valence-electron chi connectivity index (χ1n) is 8.82. The lowest BCUT2D eigenvalue weighted by molar-refractivity contribution is 0.477. The van der Waals surface area contributed by atoms with E-state index in [1.807, 2.05) is 54.6 Å². The van der Waals surface area contributed by atoms with Gasteiger partial charge in [0.1, 0.15) is 17.4 Å². The predicted molar refractivity (Wildman–Crippen MR) is 110 cm³/mol. The smallest absolute Gasteiger partial charge is 0.124 e. The van der Waals surface area contributed by atoms with Crippen LogP contribution in [-0.4, -0.2) is 20.1 Å². The first kappa shape index (κ1) is 17.5. The molecule has 0 atom stereocenters. The molecule has 0 radical (unpaired) electrons. The van der Waals surface area contributed by atoms with Crippen molar-refractivity contribution in [2.24, 2.45) is 0 Å². The molecule has 4 aromatic rings. The number of aromatic nitrogens is 3. The zero-order chi connectivity index (χ0) is 19.5. The van der Waals surface area contributed by atoms with E-state index in [0.29, 0.717) is 22.9 Å². The molecule has 28 heavy (non-hydrogen) atoms. The molecule has 3 aromatic heterocycles. The molecule has 0 bridgehead atoms. The average Bonchev–Trinajstić information content (AvgIpc) is 2.69. The van der Waals surface area contributed by atoms with E-state index >= 15 is 0 Å². The van der Waals surface area contributed by atoms with Crippen molar-refractivity contribution < 1.29 is 5.11 Å². The Labute approximate surface area is 162 Å². The van der Waals surface area contributed by atoms with Gasteiger partial charge < -0.3 is 16.6 Å². The van der Waals surface area contributed by atoms with E-state index in [1.165, 1.54) is 0 Å². The maximum atomic E-state index is 10.2. The molecule has 0 amide bonds. The minimum absolute atomic E-state index is 0.174. The molecule has 5 N–H and O–H groups in total. The summed E-state index contributed by atoms with van der Waals surface area (Å²) in [7, 11) is 0. The Morgan fingerprint density at radius 1 is 0.607 bits per heavy atom. The van der Waals surface area contributed by atoms with Crippen LogP contribution in [0.1, 0.15) is 23.0 Å². The second-order valence-electron chi connectivity index (χ2n) is 6.37. The van der Waals surface area contributed by atoms with Crippen LogP contribution in [0.2, 0.25) is 0 Å². The topological polar surface area (TPSA) is 111 Å². The quantitative estimate of drug-likeness (QED) is 0.507. The highest BCUT2D eigenvalue weighted by Crippen LogP contribution is 2.32. The van der Waals surface area contributed by atoms with Gasteiger partial charge in [0.05, 0.1) is 28.7 Å². The number of rotatable bonds is 4. The number of para-hydroxylation sites is 1. The van der Waals surface area contributed by atoms with Crippen molar-refractivity contribution >= 4 is 11.6 Å². The van der Waals surface area contributed by atoms with Crippen LogP contribution >= 0.6 is 0 Å². The molecule has 0 aliphatic heterocycles. The molecule has 0 aliphatic carbocycles. The Hall–Kier alpha value is -3.93. The first-order chi connectivity index (χ1) is 13.6. The number of pyridine rings is 3. The largest absolute Gasteiger partial charge is 0.507 e. The van der Waals surface area contributed by atoms with Gasteiger partial charge >= 0.3 is 0 Å². The average molecular weight is 369 g/mol. The number of nitrogen functional groups attached to an aromatic ring is 2. The van der Waals surface area contributed by atoms with Crippen molar-refractivity contribution in [2.75, 3.05) is 11.5 Å². The van der Waals surface area contributed by atoms with Crippen molar-refractivity contribution in [1.82, 2.24) is 15.0 Å². The number of phenolic OH excluding ortho intramolecular Hbond substituents is 1. The van der Waals surface area contributed by atoms with Crippen molar-refractivity contribution in [2.45, 2.75) is 5.92 Å². The van der Waals surface area contributed by atoms with Crippen molar-refractivity contribution in [1.29, 1.82) is 0 Å². The van der Waals surface area contributed by atoms with Crippen LogP contribution in [0.3, 0.4) is 0 Å². The summed E-state index contributed by atoms with van der Waals surface area (Å²) in [4.78, 5) is 13.8. The number of hydrogen-bond donors (Lipinski definition) is 3. The van der Waals surface area contributed by atoms with Crippen molar-refractivity contribution in [3.05, 3.63) is 95.9 Å². The maximum Gasteiger partial charge on any atom is 0.124 e. The van der Waals surface area contributed by atoms with Gasteiger partial charge in [0.25, 0.3) is 0 Å². The van der Waals surface area contributed by atoms with Gasteiger partial charge in [-0.1, -0.05) is 30.3 Å². The standard InChI is InChI=1S/C22H19N5O/c23-20-12-4-9-17(26-20)22(18-10-5-13-21(24)27-18)16-8-3-7-15(25-16)14-6-1-2-11-19(14)28/h1-13,22,28H,(H2,23,26)(H2,24,27). The van der Waals surface area contributed by atoms with E-state index in [2.05, 4.69) is 9.97 Å². The summed E-state index contributed by atoms with van der Waals surface area (Å²) in [5.74, 6) is 0.664. The van der Waals surface area contributed by atoms with Crippen LogP contribution in [0.25, 0.3) is 11.3 Å². The van der Waals surface area contributed by atoms with Crippen molar-refractivity contribution in [3.8, 4) is 17.0 Å². The van der Waals surface area contributed by atoms with Gasteiger partial charge in [0.2, 0.25) is 0 Å². The summed E-state index contributed by atoms with van der Waals surface area (Å²) in [6.07, 6.45) is 0. The van der Waals surface area contributed by atoms with Crippen LogP contribution < -0.4 is 11.5 Å². The van der Waals surface area contributed by atoms with Gasteiger partial charge in [-0.2, -0.15) is 0 Å². The fourth-order valence-corrected chi connectivity index (χ4v) is 3.17. The van der Waals surface area contributed by atoms with Gasteiger partial charge in [-0.25, -0.2) is 9.97 Å². The van der Waals surface area contributed by atoms with E-state index in [4.69, 9.17) is 16.5 Å². The molecule has 138 valence electrons. The summed E-state index contributed by atoms with van der Waals surface area (Å²) in [5.41, 5.74) is 15.3. The molecule has 3 heterocycles. The zero-order valence-electron chi connectivity index (χ0n) is 15.0. The second-order valence-corrected chi connectivity index (χ2v) is 6.37. The van der Waals surface area contributed by atoms with E-state index < -0.39 is 0 Å². The highest BCUT2D eigenvalue weighted by atomic mass is 16.3. The Morgan fingerprint density at radius 2 is 1.14 bits per heavy atom. The molecule has 0 saturated carbocycles. The molecule has 6 heteroatoms. The van der Waals surface area contributed by atoms with Crippen molar-refractivity contribution in [3.63, 3.8) is 0 Å². The van der Waals surface area contributed by atoms with Crippen LogP contribution in [0, 0.1) is 0 Å². The summed E-state index contributed by atoms with van der Waals surface area (Å²) >= 11 is 0. The third-order valence-corrected chi connectivity index (χ3v) is 4.42. The number of aromatic hydroxyl groups is 1. The molecular formula is C22H19N5O. The number of anilines is 2. The highest BCUT2D eigenvalue weighted by molar-refractivity contribution is 5.66. The van der Waals surface area contributed by atoms with Gasteiger partial charge in [-0.15, -0.1) is 0 Å². The van der Waals surface area contributed by atoms with Crippen LogP contribution in [0.5, 0.6) is 5.75 Å². The summed E-state index contributed by atoms with van der Waals surface area (Å²) in [5, 5.41) is 10.2. The van der Waals surface area contributed by atoms with E-state index in [1.54, 1.807) is 24.3 Å². The number of nitrogens with two attached hydrogens (primary N) is 2. The second kappa shape index (κ2) is 7.36. The molecule has 0 fully saturated rings. The molecule has 4 rings (SSSR count). The van der Waals surface area contributed by atoms with E-state index in [0.717, 1.165) is 17.1 Å². The minimum Gasteiger partial charge on any atom is -0.507 e.